The quantitative estimate of drug-likeness (QED) is 0.251. The standard InChI is InChI=1S/C31H22Cl2F2N2OS/c1-17-12-21(14-18-2-8-23(34)9-3-18)28-25(13-17)29(19-5-10-24(35)11-6-19)37-30(38)27(39-31(37)36-28)15-20-4-7-22(32)16-26(20)33/h2-11,14-17,29H,12-13H2,1H3/b21-14+,27-15+/t17-,29+/m1/s1. The molecule has 3 nitrogen and oxygen atoms in total. The molecule has 0 saturated heterocycles. The number of fused-ring (bicyclic) bond motifs is 1. The number of allylic oxidation sites excluding steroid dienone is 2. The Kier molecular flexibility index (Phi) is 6.88. The lowest BCUT2D eigenvalue weighted by atomic mass is 9.79. The van der Waals surface area contributed by atoms with E-state index in [1.54, 1.807) is 53.1 Å². The molecule has 4 aromatic rings. The molecule has 6 rings (SSSR count). The highest BCUT2D eigenvalue weighted by Gasteiger charge is 2.34. The predicted octanol–water partition coefficient (Wildman–Crippen LogP) is 7.31. The maximum atomic E-state index is 13.9. The molecule has 0 amide bonds. The van der Waals surface area contributed by atoms with Crippen molar-refractivity contribution in [3.05, 3.63) is 142 Å². The summed E-state index contributed by atoms with van der Waals surface area (Å²) in [6, 6.07) is 17.4. The fourth-order valence-corrected chi connectivity index (χ4v) is 6.75. The summed E-state index contributed by atoms with van der Waals surface area (Å²) in [5, 5.41) is 0.957. The molecule has 1 aliphatic heterocycles. The predicted molar refractivity (Wildman–Crippen MR) is 154 cm³/mol. The van der Waals surface area contributed by atoms with Crippen molar-refractivity contribution < 1.29 is 8.78 Å². The van der Waals surface area contributed by atoms with E-state index >= 15 is 0 Å². The smallest absolute Gasteiger partial charge is 0.271 e. The molecule has 0 unspecified atom stereocenters. The number of hydrogen-bond acceptors (Lipinski definition) is 3. The number of rotatable bonds is 3. The van der Waals surface area contributed by atoms with Crippen molar-refractivity contribution in [1.29, 1.82) is 0 Å². The normalized spacial score (nSPS) is 20.1. The van der Waals surface area contributed by atoms with Crippen molar-refractivity contribution >= 4 is 46.7 Å². The molecule has 196 valence electrons. The van der Waals surface area contributed by atoms with E-state index < -0.39 is 6.04 Å². The first-order chi connectivity index (χ1) is 18.8. The first-order valence-electron chi connectivity index (χ1n) is 12.5. The Morgan fingerprint density at radius 2 is 1.64 bits per heavy atom. The summed E-state index contributed by atoms with van der Waals surface area (Å²) < 4.78 is 29.7. The van der Waals surface area contributed by atoms with E-state index in [0.717, 1.165) is 40.8 Å². The summed E-state index contributed by atoms with van der Waals surface area (Å²) in [6.45, 7) is 2.16. The van der Waals surface area contributed by atoms with Crippen LogP contribution in [0.2, 0.25) is 10.0 Å². The molecule has 1 aromatic heterocycles. The second kappa shape index (κ2) is 10.3. The van der Waals surface area contributed by atoms with Gasteiger partial charge in [0.25, 0.3) is 5.56 Å². The van der Waals surface area contributed by atoms with Gasteiger partial charge in [0.05, 0.1) is 16.3 Å². The average molecular weight is 579 g/mol. The van der Waals surface area contributed by atoms with Crippen molar-refractivity contribution in [2.45, 2.75) is 25.8 Å². The Morgan fingerprint density at radius 3 is 2.33 bits per heavy atom. The van der Waals surface area contributed by atoms with Crippen LogP contribution in [0.25, 0.3) is 12.2 Å². The number of halogens is 4. The van der Waals surface area contributed by atoms with Gasteiger partial charge in [-0.25, -0.2) is 13.8 Å². The van der Waals surface area contributed by atoms with Gasteiger partial charge in [0.2, 0.25) is 0 Å². The van der Waals surface area contributed by atoms with Crippen LogP contribution in [0.15, 0.2) is 93.4 Å². The van der Waals surface area contributed by atoms with Gasteiger partial charge in [0.1, 0.15) is 11.6 Å². The van der Waals surface area contributed by atoms with Crippen LogP contribution in [-0.2, 0) is 0 Å². The summed E-state index contributed by atoms with van der Waals surface area (Å²) in [7, 11) is 0. The van der Waals surface area contributed by atoms with Crippen molar-refractivity contribution in [3.8, 4) is 0 Å². The fourth-order valence-electron chi connectivity index (χ4n) is 5.29. The number of aromatic nitrogens is 1. The van der Waals surface area contributed by atoms with Gasteiger partial charge >= 0.3 is 0 Å². The minimum Gasteiger partial charge on any atom is -0.272 e. The van der Waals surface area contributed by atoms with Gasteiger partial charge < -0.3 is 0 Å². The molecular weight excluding hydrogens is 557 g/mol. The largest absolute Gasteiger partial charge is 0.272 e. The average Bonchev–Trinajstić information content (AvgIpc) is 3.21. The molecule has 2 atom stereocenters. The summed E-state index contributed by atoms with van der Waals surface area (Å²) in [4.78, 5) is 19.5. The Hall–Kier alpha value is -3.32. The van der Waals surface area contributed by atoms with E-state index in [4.69, 9.17) is 28.2 Å². The number of nitrogens with zero attached hydrogens (tertiary/aromatic N) is 2. The zero-order valence-corrected chi connectivity index (χ0v) is 23.1. The topological polar surface area (TPSA) is 34.4 Å². The van der Waals surface area contributed by atoms with Crippen molar-refractivity contribution in [2.75, 3.05) is 0 Å². The van der Waals surface area contributed by atoms with E-state index in [9.17, 15) is 13.6 Å². The fraction of sp³-hybridized carbons (Fsp3) is 0.161. The van der Waals surface area contributed by atoms with E-state index in [0.29, 0.717) is 30.9 Å². The summed E-state index contributed by atoms with van der Waals surface area (Å²) in [5.41, 5.74) is 5.06. The molecule has 1 aliphatic carbocycles. The second-order valence-electron chi connectivity index (χ2n) is 9.91. The number of hydrogen-bond donors (Lipinski definition) is 0. The zero-order valence-electron chi connectivity index (χ0n) is 20.8. The molecular formula is C31H22Cl2F2N2OS. The second-order valence-corrected chi connectivity index (χ2v) is 11.8. The summed E-state index contributed by atoms with van der Waals surface area (Å²) in [6.07, 6.45) is 5.33. The molecule has 0 saturated carbocycles. The molecule has 0 spiro atoms. The monoisotopic (exact) mass is 578 g/mol. The van der Waals surface area contributed by atoms with Gasteiger partial charge in [0.15, 0.2) is 4.80 Å². The van der Waals surface area contributed by atoms with Crippen LogP contribution < -0.4 is 14.9 Å². The molecule has 0 bridgehead atoms. The Labute approximate surface area is 237 Å². The highest BCUT2D eigenvalue weighted by molar-refractivity contribution is 7.07. The molecule has 2 aliphatic rings. The molecule has 8 heteroatoms. The van der Waals surface area contributed by atoms with E-state index in [2.05, 4.69) is 6.92 Å². The van der Waals surface area contributed by atoms with Crippen LogP contribution in [-0.4, -0.2) is 4.57 Å². The van der Waals surface area contributed by atoms with Gasteiger partial charge in [-0.2, -0.15) is 0 Å². The minimum absolute atomic E-state index is 0.187. The Morgan fingerprint density at radius 1 is 0.949 bits per heavy atom. The summed E-state index contributed by atoms with van der Waals surface area (Å²) in [5.74, 6) is -0.338. The Bertz CT molecular complexity index is 1840. The van der Waals surface area contributed by atoms with Crippen LogP contribution in [0.5, 0.6) is 0 Å². The van der Waals surface area contributed by atoms with Crippen LogP contribution >= 0.6 is 34.5 Å². The van der Waals surface area contributed by atoms with Crippen molar-refractivity contribution in [2.24, 2.45) is 10.9 Å². The number of benzene rings is 3. The van der Waals surface area contributed by atoms with E-state index in [-0.39, 0.29) is 17.2 Å². The molecule has 2 heterocycles. The molecule has 3 aromatic carbocycles. The lowest BCUT2D eigenvalue weighted by Gasteiger charge is -2.33. The maximum Gasteiger partial charge on any atom is 0.271 e. The van der Waals surface area contributed by atoms with E-state index in [1.165, 1.54) is 35.6 Å². The van der Waals surface area contributed by atoms with Gasteiger partial charge in [-0.3, -0.25) is 9.36 Å². The lowest BCUT2D eigenvalue weighted by Crippen LogP contribution is -2.39. The van der Waals surface area contributed by atoms with Gasteiger partial charge in [-0.1, -0.05) is 71.8 Å². The third-order valence-electron chi connectivity index (χ3n) is 7.02. The first kappa shape index (κ1) is 25.9. The first-order valence-corrected chi connectivity index (χ1v) is 14.1. The van der Waals surface area contributed by atoms with Crippen LogP contribution in [0.4, 0.5) is 8.78 Å². The molecule has 0 radical (unpaired) electrons. The summed E-state index contributed by atoms with van der Waals surface area (Å²) >= 11 is 13.8. The number of thiazole rings is 1. The van der Waals surface area contributed by atoms with Crippen LogP contribution in [0, 0.1) is 17.6 Å². The zero-order chi connectivity index (χ0) is 27.3. The SMILES string of the molecule is C[C@H]1CC2=C(N=c3s/c(=C/c4ccc(Cl)cc4Cl)c(=O)n3[C@H]2c2ccc(F)cc2)/C(=C/c2ccc(F)cc2)C1. The maximum absolute atomic E-state index is 13.9. The highest BCUT2D eigenvalue weighted by Crippen LogP contribution is 2.43. The van der Waals surface area contributed by atoms with Gasteiger partial charge in [-0.15, -0.1) is 0 Å². The van der Waals surface area contributed by atoms with Gasteiger partial charge in [-0.05, 0) is 95.1 Å². The third-order valence-corrected chi connectivity index (χ3v) is 8.57. The van der Waals surface area contributed by atoms with Crippen molar-refractivity contribution in [3.63, 3.8) is 0 Å². The molecule has 39 heavy (non-hydrogen) atoms. The van der Waals surface area contributed by atoms with Gasteiger partial charge in [0, 0.05) is 10.0 Å². The van der Waals surface area contributed by atoms with Crippen LogP contribution in [0.3, 0.4) is 0 Å². The van der Waals surface area contributed by atoms with E-state index in [1.807, 2.05) is 6.08 Å². The van der Waals surface area contributed by atoms with Crippen LogP contribution in [0.1, 0.15) is 42.5 Å². The van der Waals surface area contributed by atoms with Crippen molar-refractivity contribution in [1.82, 2.24) is 4.57 Å². The Balaban J connectivity index is 1.59. The minimum atomic E-state index is -0.431. The molecule has 0 N–H and O–H groups in total. The third kappa shape index (κ3) is 5.05. The lowest BCUT2D eigenvalue weighted by molar-refractivity contribution is 0.481. The molecule has 0 fully saturated rings. The highest BCUT2D eigenvalue weighted by atomic mass is 35.5.